The van der Waals surface area contributed by atoms with Gasteiger partial charge in [0, 0.05) is 12.6 Å². The number of aromatic hydroxyl groups is 2. The Morgan fingerprint density at radius 2 is 2.08 bits per heavy atom. The van der Waals surface area contributed by atoms with E-state index < -0.39 is 0 Å². The summed E-state index contributed by atoms with van der Waals surface area (Å²) in [6.07, 6.45) is 0. The van der Waals surface area contributed by atoms with E-state index in [4.69, 9.17) is 10.2 Å². The van der Waals surface area contributed by atoms with Crippen LogP contribution in [0.1, 0.15) is 6.92 Å². The van der Waals surface area contributed by atoms with Gasteiger partial charge in [0.2, 0.25) is 0 Å². The standard InChI is InChI=1S/C8H10N2O3/c1-2-10(9-13)6-3-4-7(11)8(12)5-6/h3-5,11-12H,2H2,1H3. The zero-order valence-electron chi connectivity index (χ0n) is 7.14. The van der Waals surface area contributed by atoms with E-state index in [9.17, 15) is 4.91 Å². The Kier molecular flexibility index (Phi) is 2.69. The predicted molar refractivity (Wildman–Crippen MR) is 48.6 cm³/mol. The zero-order chi connectivity index (χ0) is 9.84. The van der Waals surface area contributed by atoms with Crippen LogP contribution in [0.15, 0.2) is 23.5 Å². The molecular weight excluding hydrogens is 172 g/mol. The minimum absolute atomic E-state index is 0.217. The molecule has 0 spiro atoms. The molecule has 0 atom stereocenters. The van der Waals surface area contributed by atoms with Gasteiger partial charge in [0.05, 0.1) is 11.0 Å². The number of anilines is 1. The minimum Gasteiger partial charge on any atom is -0.504 e. The second-order valence-electron chi connectivity index (χ2n) is 2.47. The van der Waals surface area contributed by atoms with Crippen molar-refractivity contribution < 1.29 is 10.2 Å². The molecule has 0 radical (unpaired) electrons. The Balaban J connectivity index is 3.01. The molecule has 2 N–H and O–H groups in total. The van der Waals surface area contributed by atoms with Gasteiger partial charge in [-0.3, -0.25) is 0 Å². The second-order valence-corrected chi connectivity index (χ2v) is 2.47. The third kappa shape index (κ3) is 1.87. The van der Waals surface area contributed by atoms with Gasteiger partial charge in [-0.25, -0.2) is 5.01 Å². The maximum atomic E-state index is 10.3. The molecule has 0 heterocycles. The lowest BCUT2D eigenvalue weighted by Crippen LogP contribution is -2.13. The smallest absolute Gasteiger partial charge is 0.159 e. The highest BCUT2D eigenvalue weighted by atomic mass is 16.3. The number of phenolic OH excluding ortho intramolecular Hbond substituents is 2. The Bertz CT molecular complexity index is 314. The maximum absolute atomic E-state index is 10.3. The van der Waals surface area contributed by atoms with Crippen LogP contribution >= 0.6 is 0 Å². The Morgan fingerprint density at radius 1 is 1.38 bits per heavy atom. The first-order chi connectivity index (χ1) is 6.19. The third-order valence-electron chi connectivity index (χ3n) is 1.66. The lowest BCUT2D eigenvalue weighted by atomic mass is 10.2. The number of benzene rings is 1. The van der Waals surface area contributed by atoms with Crippen molar-refractivity contribution in [2.75, 3.05) is 11.6 Å². The van der Waals surface area contributed by atoms with Crippen molar-refractivity contribution >= 4 is 5.69 Å². The van der Waals surface area contributed by atoms with Crippen molar-refractivity contribution in [3.8, 4) is 11.5 Å². The molecule has 0 aliphatic carbocycles. The number of nitroso groups, excluding NO2 is 1. The number of rotatable bonds is 3. The van der Waals surface area contributed by atoms with Crippen molar-refractivity contribution in [2.45, 2.75) is 6.92 Å². The molecule has 1 aromatic rings. The minimum atomic E-state index is -0.264. The van der Waals surface area contributed by atoms with Crippen LogP contribution in [-0.2, 0) is 0 Å². The van der Waals surface area contributed by atoms with E-state index >= 15 is 0 Å². The number of hydrogen-bond donors (Lipinski definition) is 2. The molecule has 0 aromatic heterocycles. The van der Waals surface area contributed by atoms with E-state index in [0.29, 0.717) is 12.2 Å². The quantitative estimate of drug-likeness (QED) is 0.423. The van der Waals surface area contributed by atoms with Gasteiger partial charge >= 0.3 is 0 Å². The monoisotopic (exact) mass is 182 g/mol. The van der Waals surface area contributed by atoms with Crippen LogP contribution in [0.4, 0.5) is 5.69 Å². The molecule has 0 aliphatic heterocycles. The maximum Gasteiger partial charge on any atom is 0.159 e. The Morgan fingerprint density at radius 3 is 2.54 bits per heavy atom. The van der Waals surface area contributed by atoms with Gasteiger partial charge in [-0.1, -0.05) is 0 Å². The van der Waals surface area contributed by atoms with Crippen LogP contribution < -0.4 is 5.01 Å². The average Bonchev–Trinajstić information content (AvgIpc) is 2.13. The van der Waals surface area contributed by atoms with Crippen molar-refractivity contribution in [3.63, 3.8) is 0 Å². The van der Waals surface area contributed by atoms with Crippen molar-refractivity contribution in [2.24, 2.45) is 5.29 Å². The Hall–Kier alpha value is -1.78. The van der Waals surface area contributed by atoms with Crippen LogP contribution in [-0.4, -0.2) is 16.8 Å². The molecule has 5 nitrogen and oxygen atoms in total. The van der Waals surface area contributed by atoms with E-state index in [0.717, 1.165) is 0 Å². The Labute approximate surface area is 75.2 Å². The SMILES string of the molecule is CCN(N=O)c1ccc(O)c(O)c1. The number of nitrogens with zero attached hydrogens (tertiary/aromatic N) is 2. The van der Waals surface area contributed by atoms with Gasteiger partial charge in [0.1, 0.15) is 0 Å². The molecule has 0 fully saturated rings. The summed E-state index contributed by atoms with van der Waals surface area (Å²) in [7, 11) is 0. The normalized spacial score (nSPS) is 9.62. The summed E-state index contributed by atoms with van der Waals surface area (Å²) in [4.78, 5) is 10.3. The summed E-state index contributed by atoms with van der Waals surface area (Å²) in [6, 6.07) is 4.08. The van der Waals surface area contributed by atoms with Crippen LogP contribution in [0.3, 0.4) is 0 Å². The van der Waals surface area contributed by atoms with Gasteiger partial charge in [0.15, 0.2) is 11.5 Å². The van der Waals surface area contributed by atoms with Crippen molar-refractivity contribution in [1.82, 2.24) is 0 Å². The molecule has 13 heavy (non-hydrogen) atoms. The molecule has 0 bridgehead atoms. The highest BCUT2D eigenvalue weighted by molar-refractivity contribution is 5.54. The zero-order valence-corrected chi connectivity index (χ0v) is 7.14. The van der Waals surface area contributed by atoms with E-state index in [1.54, 1.807) is 6.92 Å². The van der Waals surface area contributed by atoms with E-state index in [2.05, 4.69) is 5.29 Å². The summed E-state index contributed by atoms with van der Waals surface area (Å²) in [5.74, 6) is -0.481. The van der Waals surface area contributed by atoms with Gasteiger partial charge in [-0.2, -0.15) is 0 Å². The second kappa shape index (κ2) is 3.75. The summed E-state index contributed by atoms with van der Waals surface area (Å²) >= 11 is 0. The molecule has 1 aromatic carbocycles. The van der Waals surface area contributed by atoms with E-state index in [-0.39, 0.29) is 11.5 Å². The summed E-state index contributed by atoms with van der Waals surface area (Å²) < 4.78 is 0. The van der Waals surface area contributed by atoms with Gasteiger partial charge in [-0.15, -0.1) is 4.91 Å². The van der Waals surface area contributed by atoms with Crippen LogP contribution in [0.2, 0.25) is 0 Å². The fraction of sp³-hybridized carbons (Fsp3) is 0.250. The molecule has 0 amide bonds. The largest absolute Gasteiger partial charge is 0.504 e. The molecule has 1 rings (SSSR count). The predicted octanol–water partition coefficient (Wildman–Crippen LogP) is 1.61. The molecule has 0 unspecified atom stereocenters. The number of hydrogen-bond acceptors (Lipinski definition) is 4. The first kappa shape index (κ1) is 9.31. The topological polar surface area (TPSA) is 73.1 Å². The van der Waals surface area contributed by atoms with Crippen LogP contribution in [0.5, 0.6) is 11.5 Å². The molecule has 5 heteroatoms. The van der Waals surface area contributed by atoms with E-state index in [1.807, 2.05) is 0 Å². The highest BCUT2D eigenvalue weighted by Crippen LogP contribution is 2.29. The molecular formula is C8H10N2O3. The third-order valence-corrected chi connectivity index (χ3v) is 1.66. The van der Waals surface area contributed by atoms with E-state index in [1.165, 1.54) is 23.2 Å². The fourth-order valence-corrected chi connectivity index (χ4v) is 0.960. The van der Waals surface area contributed by atoms with Gasteiger partial charge in [-0.05, 0) is 19.1 Å². The summed E-state index contributed by atoms with van der Waals surface area (Å²) in [5.41, 5.74) is 0.452. The summed E-state index contributed by atoms with van der Waals surface area (Å²) in [6.45, 7) is 2.17. The van der Waals surface area contributed by atoms with Crippen molar-refractivity contribution in [1.29, 1.82) is 0 Å². The number of phenols is 2. The first-order valence-electron chi connectivity index (χ1n) is 3.81. The van der Waals surface area contributed by atoms with Gasteiger partial charge < -0.3 is 10.2 Å². The van der Waals surface area contributed by atoms with Crippen molar-refractivity contribution in [3.05, 3.63) is 23.1 Å². The average molecular weight is 182 g/mol. The molecule has 0 saturated heterocycles. The first-order valence-corrected chi connectivity index (χ1v) is 3.81. The summed E-state index contributed by atoms with van der Waals surface area (Å²) in [5, 5.41) is 22.0. The van der Waals surface area contributed by atoms with Crippen LogP contribution in [0.25, 0.3) is 0 Å². The lowest BCUT2D eigenvalue weighted by molar-refractivity contribution is 0.404. The molecule has 0 aliphatic rings. The van der Waals surface area contributed by atoms with Gasteiger partial charge in [0.25, 0.3) is 0 Å². The molecule has 70 valence electrons. The fourth-order valence-electron chi connectivity index (χ4n) is 0.960. The van der Waals surface area contributed by atoms with Crippen LogP contribution in [0, 0.1) is 4.91 Å². The molecule has 0 saturated carbocycles. The highest BCUT2D eigenvalue weighted by Gasteiger charge is 2.06. The lowest BCUT2D eigenvalue weighted by Gasteiger charge is -2.12.